The van der Waals surface area contributed by atoms with Gasteiger partial charge in [-0.2, -0.15) is 0 Å². The minimum atomic E-state index is -0.706. The number of hydrogen-bond acceptors (Lipinski definition) is 7. The molecule has 2 N–H and O–H groups in total. The summed E-state index contributed by atoms with van der Waals surface area (Å²) in [6.45, 7) is 6.79. The molecular weight excluding hydrogens is 811 g/mol. The zero-order valence-electron chi connectivity index (χ0n) is 33.7. The van der Waals surface area contributed by atoms with Crippen LogP contribution in [0.15, 0.2) is 134 Å². The van der Waals surface area contributed by atoms with E-state index in [4.69, 9.17) is 27.9 Å². The van der Waals surface area contributed by atoms with Gasteiger partial charge in [0.2, 0.25) is 0 Å². The molecule has 0 spiro atoms. The van der Waals surface area contributed by atoms with Crippen molar-refractivity contribution in [3.8, 4) is 5.75 Å². The van der Waals surface area contributed by atoms with Crippen LogP contribution in [0.4, 0.5) is 11.4 Å². The number of anilines is 2. The van der Waals surface area contributed by atoms with E-state index in [0.29, 0.717) is 62.5 Å². The Morgan fingerprint density at radius 1 is 0.557 bits per heavy atom. The van der Waals surface area contributed by atoms with Gasteiger partial charge in [0.1, 0.15) is 5.75 Å². The van der Waals surface area contributed by atoms with E-state index in [9.17, 15) is 19.2 Å². The van der Waals surface area contributed by atoms with E-state index in [2.05, 4.69) is 25.2 Å². The monoisotopic (exact) mass is 850 g/mol. The van der Waals surface area contributed by atoms with Crippen molar-refractivity contribution < 1.29 is 23.9 Å². The van der Waals surface area contributed by atoms with Gasteiger partial charge in [0, 0.05) is 92.5 Å². The topological polar surface area (TPSA) is 137 Å². The Morgan fingerprint density at radius 3 is 1.39 bits per heavy atom. The van der Waals surface area contributed by atoms with Crippen LogP contribution in [0.2, 0.25) is 10.0 Å². The maximum Gasteiger partial charge on any atom is 0.296 e. The molecule has 8 aromatic rings. The standard InChI is InChI=1S/C24H20ClN3O3.C24H20ClN3O2/c1-15-22(23(29)24(30)27-18-9-11-26-12-10-18)20-13-19(31-2)7-8-21(20)28(15)14-16-3-5-17(25)6-4-16;1-15-3-8-21-20(13-15)22(23(29)24(30)27-19-9-11-26-12-10-19)16(2)28(21)14-17-4-6-18(25)7-5-17/h3-13H,14H2,1-2H3,(H,26,27,30);3-13H,14H2,1-2H3,(H,26,27,30). The molecule has 0 saturated carbocycles. The third kappa shape index (κ3) is 9.38. The maximum atomic E-state index is 13.2. The Bertz CT molecular complexity index is 2910. The molecule has 4 aromatic heterocycles. The number of rotatable bonds is 11. The number of nitrogens with one attached hydrogen (secondary N) is 2. The van der Waals surface area contributed by atoms with Gasteiger partial charge in [0.25, 0.3) is 23.4 Å². The van der Waals surface area contributed by atoms with Crippen molar-refractivity contribution in [2.75, 3.05) is 17.7 Å². The number of nitrogens with zero attached hydrogens (tertiary/aromatic N) is 4. The lowest BCUT2D eigenvalue weighted by Gasteiger charge is -2.09. The van der Waals surface area contributed by atoms with Crippen molar-refractivity contribution in [3.05, 3.63) is 183 Å². The fourth-order valence-corrected chi connectivity index (χ4v) is 7.44. The first-order valence-electron chi connectivity index (χ1n) is 19.2. The van der Waals surface area contributed by atoms with E-state index in [-0.39, 0.29) is 0 Å². The largest absolute Gasteiger partial charge is 0.497 e. The second-order valence-electron chi connectivity index (χ2n) is 14.3. The van der Waals surface area contributed by atoms with Gasteiger partial charge in [0.15, 0.2) is 0 Å². The van der Waals surface area contributed by atoms with Crippen LogP contribution in [0.25, 0.3) is 21.8 Å². The summed E-state index contributed by atoms with van der Waals surface area (Å²) in [7, 11) is 1.57. The van der Waals surface area contributed by atoms with Crippen molar-refractivity contribution in [2.24, 2.45) is 0 Å². The van der Waals surface area contributed by atoms with E-state index in [1.807, 2.05) is 104 Å². The fraction of sp³-hybridized carbons (Fsp3) is 0.125. The summed E-state index contributed by atoms with van der Waals surface area (Å²) in [6.07, 6.45) is 6.22. The molecule has 0 fully saturated rings. The number of halogens is 2. The van der Waals surface area contributed by atoms with Crippen LogP contribution in [0.1, 0.15) is 48.8 Å². The number of methoxy groups -OCH3 is 1. The van der Waals surface area contributed by atoms with E-state index in [1.54, 1.807) is 62.2 Å². The summed E-state index contributed by atoms with van der Waals surface area (Å²) in [5, 5.41) is 8.08. The van der Waals surface area contributed by atoms with Crippen molar-refractivity contribution in [3.63, 3.8) is 0 Å². The lowest BCUT2D eigenvalue weighted by Crippen LogP contribution is -2.23. The van der Waals surface area contributed by atoms with Crippen LogP contribution in [0, 0.1) is 20.8 Å². The first-order chi connectivity index (χ1) is 29.4. The number of ether oxygens (including phenoxy) is 1. The second kappa shape index (κ2) is 18.5. The number of ketones is 2. The highest BCUT2D eigenvalue weighted by atomic mass is 35.5. The number of hydrogen-bond donors (Lipinski definition) is 2. The molecule has 0 atom stereocenters. The SMILES string of the molecule is COc1ccc2c(c1)c(C(=O)C(=O)Nc1ccncc1)c(C)n2Cc1ccc(Cl)cc1.Cc1ccc2c(c1)c(C(=O)C(=O)Nc1ccncc1)c(C)n2Cc1ccc(Cl)cc1. The van der Waals surface area contributed by atoms with Gasteiger partial charge in [-0.3, -0.25) is 29.1 Å². The molecule has 0 unspecified atom stereocenters. The summed E-state index contributed by atoms with van der Waals surface area (Å²) in [4.78, 5) is 59.6. The van der Waals surface area contributed by atoms with Gasteiger partial charge in [-0.15, -0.1) is 0 Å². The Labute approximate surface area is 361 Å². The molecule has 61 heavy (non-hydrogen) atoms. The van der Waals surface area contributed by atoms with E-state index in [0.717, 1.165) is 38.8 Å². The number of fused-ring (bicyclic) bond motifs is 2. The smallest absolute Gasteiger partial charge is 0.296 e. The molecule has 4 aromatic carbocycles. The summed E-state index contributed by atoms with van der Waals surface area (Å²) in [5.41, 5.74) is 8.13. The van der Waals surface area contributed by atoms with Crippen molar-refractivity contribution >= 4 is 79.8 Å². The van der Waals surface area contributed by atoms with Gasteiger partial charge >= 0.3 is 0 Å². The fourth-order valence-electron chi connectivity index (χ4n) is 7.18. The van der Waals surface area contributed by atoms with Crippen LogP contribution in [0.5, 0.6) is 5.75 Å². The summed E-state index contributed by atoms with van der Waals surface area (Å²) in [5.74, 6) is -1.93. The summed E-state index contributed by atoms with van der Waals surface area (Å²) < 4.78 is 9.43. The van der Waals surface area contributed by atoms with Gasteiger partial charge in [0.05, 0.1) is 18.2 Å². The lowest BCUT2D eigenvalue weighted by atomic mass is 10.0. The van der Waals surface area contributed by atoms with Crippen LogP contribution in [0.3, 0.4) is 0 Å². The molecule has 0 aliphatic carbocycles. The van der Waals surface area contributed by atoms with Crippen molar-refractivity contribution in [1.29, 1.82) is 0 Å². The lowest BCUT2D eigenvalue weighted by molar-refractivity contribution is -0.113. The number of Topliss-reactive ketones (excluding diaryl/α,β-unsaturated/α-hetero) is 2. The Morgan fingerprint density at radius 2 is 0.967 bits per heavy atom. The third-order valence-corrected chi connectivity index (χ3v) is 10.8. The number of aryl methyl sites for hydroxylation is 1. The predicted molar refractivity (Wildman–Crippen MR) is 240 cm³/mol. The first-order valence-corrected chi connectivity index (χ1v) is 19.9. The molecule has 0 bridgehead atoms. The number of benzene rings is 4. The maximum absolute atomic E-state index is 13.2. The number of carbonyl (C=O) groups is 4. The molecule has 0 saturated heterocycles. The van der Waals surface area contributed by atoms with Gasteiger partial charge < -0.3 is 24.5 Å². The van der Waals surface area contributed by atoms with Gasteiger partial charge in [-0.05, 0) is 111 Å². The number of pyridine rings is 2. The Balaban J connectivity index is 0.000000184. The van der Waals surface area contributed by atoms with Crippen LogP contribution in [-0.2, 0) is 22.7 Å². The zero-order chi connectivity index (χ0) is 43.2. The molecule has 4 heterocycles. The molecule has 306 valence electrons. The molecule has 0 aliphatic heterocycles. The van der Waals surface area contributed by atoms with Crippen LogP contribution >= 0.6 is 23.2 Å². The minimum absolute atomic E-state index is 0.356. The van der Waals surface area contributed by atoms with E-state index < -0.39 is 23.4 Å². The van der Waals surface area contributed by atoms with Crippen molar-refractivity contribution in [2.45, 2.75) is 33.9 Å². The average molecular weight is 852 g/mol. The first kappa shape index (κ1) is 42.1. The molecule has 0 radical (unpaired) electrons. The van der Waals surface area contributed by atoms with Crippen LogP contribution < -0.4 is 15.4 Å². The van der Waals surface area contributed by atoms with Gasteiger partial charge in [-0.1, -0.05) is 59.1 Å². The Kier molecular flexibility index (Phi) is 12.7. The number of aromatic nitrogens is 4. The van der Waals surface area contributed by atoms with Gasteiger partial charge in [-0.25, -0.2) is 0 Å². The molecule has 2 amide bonds. The summed E-state index contributed by atoms with van der Waals surface area (Å²) >= 11 is 12.0. The molecule has 11 nitrogen and oxygen atoms in total. The molecule has 8 rings (SSSR count). The molecular formula is C48H40Cl2N6O5. The summed E-state index contributed by atoms with van der Waals surface area (Å²) in [6, 6.07) is 33.2. The highest BCUT2D eigenvalue weighted by molar-refractivity contribution is 6.49. The third-order valence-electron chi connectivity index (χ3n) is 10.3. The number of amides is 2. The minimum Gasteiger partial charge on any atom is -0.497 e. The molecule has 13 heteroatoms. The predicted octanol–water partition coefficient (Wildman–Crippen LogP) is 10.1. The van der Waals surface area contributed by atoms with Crippen LogP contribution in [-0.4, -0.2) is 49.6 Å². The second-order valence-corrected chi connectivity index (χ2v) is 15.2. The zero-order valence-corrected chi connectivity index (χ0v) is 35.2. The van der Waals surface area contributed by atoms with Crippen molar-refractivity contribution in [1.82, 2.24) is 19.1 Å². The average Bonchev–Trinajstić information content (AvgIpc) is 3.69. The van der Waals surface area contributed by atoms with E-state index >= 15 is 0 Å². The number of carbonyl (C=O) groups excluding carboxylic acids is 4. The highest BCUT2D eigenvalue weighted by Gasteiger charge is 2.27. The quantitative estimate of drug-likeness (QED) is 0.0977. The van der Waals surface area contributed by atoms with E-state index in [1.165, 1.54) is 0 Å². The molecule has 0 aliphatic rings. The highest BCUT2D eigenvalue weighted by Crippen LogP contribution is 2.32. The normalized spacial score (nSPS) is 10.9. The Hall–Kier alpha value is -7.08.